The molecule has 8 heteroatoms. The van der Waals surface area contributed by atoms with Crippen molar-refractivity contribution in [3.63, 3.8) is 0 Å². The van der Waals surface area contributed by atoms with Crippen LogP contribution >= 0.6 is 0 Å². The van der Waals surface area contributed by atoms with Crippen molar-refractivity contribution < 1.29 is 13.2 Å². The Morgan fingerprint density at radius 3 is 2.44 bits per heavy atom. The molecule has 0 saturated heterocycles. The fourth-order valence-corrected chi connectivity index (χ4v) is 4.11. The summed E-state index contributed by atoms with van der Waals surface area (Å²) in [4.78, 5) is 28.1. The van der Waals surface area contributed by atoms with Crippen LogP contribution in [0.25, 0.3) is 10.9 Å². The number of nitrogens with one attached hydrogen (secondary N) is 3. The lowest BCUT2D eigenvalue weighted by molar-refractivity contribution is 0.0925. The summed E-state index contributed by atoms with van der Waals surface area (Å²) in [6.45, 7) is 0. The van der Waals surface area contributed by atoms with Crippen molar-refractivity contribution in [2.24, 2.45) is 0 Å². The van der Waals surface area contributed by atoms with Crippen molar-refractivity contribution in [1.82, 2.24) is 10.3 Å². The SMILES string of the molecule is CS(=O)(=O)Nc1cccc2c(=O)cc(C(=O)NC3CCCCCCC3)[nH]c12. The van der Waals surface area contributed by atoms with E-state index in [0.29, 0.717) is 10.9 Å². The van der Waals surface area contributed by atoms with E-state index in [1.54, 1.807) is 18.2 Å². The first kappa shape index (κ1) is 19.4. The summed E-state index contributed by atoms with van der Waals surface area (Å²) in [6.07, 6.45) is 8.68. The number of para-hydroxylation sites is 1. The Bertz CT molecular complexity index is 990. The number of hydrogen-bond donors (Lipinski definition) is 3. The molecule has 146 valence electrons. The monoisotopic (exact) mass is 391 g/mol. The first-order chi connectivity index (χ1) is 12.8. The van der Waals surface area contributed by atoms with E-state index >= 15 is 0 Å². The van der Waals surface area contributed by atoms with Gasteiger partial charge in [0.2, 0.25) is 10.0 Å². The van der Waals surface area contributed by atoms with Crippen molar-refractivity contribution in [1.29, 1.82) is 0 Å². The van der Waals surface area contributed by atoms with Gasteiger partial charge in [-0.05, 0) is 25.0 Å². The molecule has 1 amide bonds. The quantitative estimate of drug-likeness (QED) is 0.745. The number of hydrogen-bond acceptors (Lipinski definition) is 4. The first-order valence-corrected chi connectivity index (χ1v) is 11.2. The van der Waals surface area contributed by atoms with Crippen LogP contribution in [0.15, 0.2) is 29.1 Å². The number of H-pyrrole nitrogens is 1. The van der Waals surface area contributed by atoms with E-state index in [9.17, 15) is 18.0 Å². The normalized spacial score (nSPS) is 16.5. The predicted molar refractivity (Wildman–Crippen MR) is 107 cm³/mol. The molecule has 1 saturated carbocycles. The highest BCUT2D eigenvalue weighted by molar-refractivity contribution is 7.92. The number of rotatable bonds is 4. The van der Waals surface area contributed by atoms with Gasteiger partial charge in [-0.1, -0.05) is 38.2 Å². The van der Waals surface area contributed by atoms with E-state index in [4.69, 9.17) is 0 Å². The van der Waals surface area contributed by atoms with E-state index in [1.807, 2.05) is 0 Å². The van der Waals surface area contributed by atoms with E-state index in [0.717, 1.165) is 31.9 Å². The zero-order chi connectivity index (χ0) is 19.4. The van der Waals surface area contributed by atoms with Gasteiger partial charge in [-0.3, -0.25) is 14.3 Å². The van der Waals surface area contributed by atoms with Gasteiger partial charge < -0.3 is 10.3 Å². The Morgan fingerprint density at radius 2 is 1.78 bits per heavy atom. The Balaban J connectivity index is 1.91. The second-order valence-corrected chi connectivity index (χ2v) is 8.91. The van der Waals surface area contributed by atoms with Crippen LogP contribution in [0.2, 0.25) is 0 Å². The van der Waals surface area contributed by atoms with E-state index < -0.39 is 10.0 Å². The van der Waals surface area contributed by atoms with E-state index in [2.05, 4.69) is 15.0 Å². The Hall–Kier alpha value is -2.35. The predicted octanol–water partition coefficient (Wildman–Crippen LogP) is 2.74. The number of fused-ring (bicyclic) bond motifs is 1. The van der Waals surface area contributed by atoms with Crippen molar-refractivity contribution in [2.45, 2.75) is 51.0 Å². The van der Waals surface area contributed by atoms with Crippen LogP contribution in [-0.4, -0.2) is 31.6 Å². The molecule has 0 bridgehead atoms. The summed E-state index contributed by atoms with van der Waals surface area (Å²) < 4.78 is 25.6. The maximum Gasteiger partial charge on any atom is 0.268 e. The molecular weight excluding hydrogens is 366 g/mol. The molecule has 3 N–H and O–H groups in total. The Kier molecular flexibility index (Phi) is 5.84. The fourth-order valence-electron chi connectivity index (χ4n) is 3.54. The van der Waals surface area contributed by atoms with Crippen LogP contribution in [0.5, 0.6) is 0 Å². The third kappa shape index (κ3) is 5.09. The van der Waals surface area contributed by atoms with Gasteiger partial charge in [-0.15, -0.1) is 0 Å². The molecule has 0 aliphatic heterocycles. The van der Waals surface area contributed by atoms with Crippen LogP contribution in [0.3, 0.4) is 0 Å². The number of aromatic nitrogens is 1. The number of pyridine rings is 1. The van der Waals surface area contributed by atoms with Crippen LogP contribution in [0.4, 0.5) is 5.69 Å². The molecular formula is C19H25N3O4S. The molecule has 1 aliphatic carbocycles. The van der Waals surface area contributed by atoms with Crippen molar-refractivity contribution in [3.05, 3.63) is 40.2 Å². The molecule has 0 spiro atoms. The fraction of sp³-hybridized carbons (Fsp3) is 0.474. The number of anilines is 1. The van der Waals surface area contributed by atoms with E-state index in [1.165, 1.54) is 25.3 Å². The highest BCUT2D eigenvalue weighted by Crippen LogP contribution is 2.21. The highest BCUT2D eigenvalue weighted by atomic mass is 32.2. The smallest absolute Gasteiger partial charge is 0.268 e. The molecule has 1 fully saturated rings. The maximum atomic E-state index is 12.7. The number of carbonyl (C=O) groups excluding carboxylic acids is 1. The zero-order valence-corrected chi connectivity index (χ0v) is 16.2. The molecule has 0 radical (unpaired) electrons. The minimum absolute atomic E-state index is 0.0985. The van der Waals surface area contributed by atoms with Crippen LogP contribution < -0.4 is 15.5 Å². The largest absolute Gasteiger partial charge is 0.349 e. The summed E-state index contributed by atoms with van der Waals surface area (Å²) in [5.74, 6) is -0.339. The van der Waals surface area contributed by atoms with Crippen molar-refractivity contribution in [3.8, 4) is 0 Å². The summed E-state index contributed by atoms with van der Waals surface area (Å²) in [5, 5.41) is 3.34. The average molecular weight is 391 g/mol. The number of amides is 1. The second-order valence-electron chi connectivity index (χ2n) is 7.17. The summed E-state index contributed by atoms with van der Waals surface area (Å²) in [5.41, 5.74) is 0.354. The van der Waals surface area contributed by atoms with Gasteiger partial charge in [-0.25, -0.2) is 8.42 Å². The molecule has 1 aromatic carbocycles. The number of sulfonamides is 1. The van der Waals surface area contributed by atoms with Gasteiger partial charge in [-0.2, -0.15) is 0 Å². The summed E-state index contributed by atoms with van der Waals surface area (Å²) in [7, 11) is -3.52. The minimum Gasteiger partial charge on any atom is -0.349 e. The molecule has 7 nitrogen and oxygen atoms in total. The average Bonchev–Trinajstić information content (AvgIpc) is 2.56. The Labute approximate surface area is 158 Å². The van der Waals surface area contributed by atoms with Crippen molar-refractivity contribution >= 4 is 32.5 Å². The van der Waals surface area contributed by atoms with Crippen LogP contribution in [-0.2, 0) is 10.0 Å². The molecule has 0 unspecified atom stereocenters. The lowest BCUT2D eigenvalue weighted by Gasteiger charge is -2.21. The lowest BCUT2D eigenvalue weighted by Crippen LogP contribution is -2.36. The lowest BCUT2D eigenvalue weighted by atomic mass is 9.96. The van der Waals surface area contributed by atoms with Gasteiger partial charge in [0.25, 0.3) is 5.91 Å². The molecule has 2 aromatic rings. The van der Waals surface area contributed by atoms with Gasteiger partial charge in [0.05, 0.1) is 17.5 Å². The van der Waals surface area contributed by atoms with E-state index in [-0.39, 0.29) is 28.8 Å². The first-order valence-electron chi connectivity index (χ1n) is 9.28. The van der Waals surface area contributed by atoms with Gasteiger partial charge in [0.15, 0.2) is 5.43 Å². The van der Waals surface area contributed by atoms with Crippen molar-refractivity contribution in [2.75, 3.05) is 11.0 Å². The second kappa shape index (κ2) is 8.12. The zero-order valence-electron chi connectivity index (χ0n) is 15.4. The van der Waals surface area contributed by atoms with Crippen LogP contribution in [0, 0.1) is 0 Å². The summed E-state index contributed by atoms with van der Waals surface area (Å²) >= 11 is 0. The number of carbonyl (C=O) groups is 1. The number of benzene rings is 1. The molecule has 0 atom stereocenters. The third-order valence-corrected chi connectivity index (χ3v) is 5.44. The molecule has 3 rings (SSSR count). The van der Waals surface area contributed by atoms with Gasteiger partial charge >= 0.3 is 0 Å². The molecule has 1 aliphatic rings. The third-order valence-electron chi connectivity index (χ3n) is 4.85. The topological polar surface area (TPSA) is 108 Å². The maximum absolute atomic E-state index is 12.7. The molecule has 27 heavy (non-hydrogen) atoms. The minimum atomic E-state index is -3.52. The van der Waals surface area contributed by atoms with Gasteiger partial charge in [0.1, 0.15) is 5.69 Å². The summed E-state index contributed by atoms with van der Waals surface area (Å²) in [6, 6.07) is 6.11. The molecule has 1 aromatic heterocycles. The molecule has 1 heterocycles. The van der Waals surface area contributed by atoms with Crippen LogP contribution in [0.1, 0.15) is 55.4 Å². The standard InChI is InChI=1S/C19H25N3O4S/c1-27(25,26)22-15-11-7-10-14-17(23)12-16(21-18(14)15)19(24)20-13-8-5-3-2-4-6-9-13/h7,10-13,22H,2-6,8-9H2,1H3,(H,20,24)(H,21,23). The Morgan fingerprint density at radius 1 is 1.11 bits per heavy atom. The highest BCUT2D eigenvalue weighted by Gasteiger charge is 2.17. The van der Waals surface area contributed by atoms with Gasteiger partial charge in [0, 0.05) is 17.5 Å². The number of aromatic amines is 1.